The van der Waals surface area contributed by atoms with Crippen molar-refractivity contribution in [3.63, 3.8) is 0 Å². The van der Waals surface area contributed by atoms with Gasteiger partial charge in [0.05, 0.1) is 12.5 Å². The molecule has 1 heterocycles. The van der Waals surface area contributed by atoms with E-state index in [1.807, 2.05) is 6.20 Å². The summed E-state index contributed by atoms with van der Waals surface area (Å²) < 4.78 is 7.73. The van der Waals surface area contributed by atoms with Crippen molar-refractivity contribution in [2.75, 3.05) is 26.2 Å². The van der Waals surface area contributed by atoms with E-state index in [1.54, 1.807) is 0 Å². The summed E-state index contributed by atoms with van der Waals surface area (Å²) in [4.78, 5) is 31.8. The summed E-state index contributed by atoms with van der Waals surface area (Å²) in [5, 5.41) is 10.3. The first kappa shape index (κ1) is 52.1. The molecule has 0 aliphatic rings. The molecule has 1 aromatic rings. The third-order valence-corrected chi connectivity index (χ3v) is 12.1. The first-order valence-corrected chi connectivity index (χ1v) is 24.5. The van der Waals surface area contributed by atoms with Crippen LogP contribution in [-0.4, -0.2) is 57.7 Å². The molecule has 0 saturated heterocycles. The number of imidazole rings is 1. The van der Waals surface area contributed by atoms with Crippen molar-refractivity contribution in [3.05, 3.63) is 18.2 Å². The third kappa shape index (κ3) is 30.2. The van der Waals surface area contributed by atoms with Crippen molar-refractivity contribution >= 4 is 11.9 Å². The Morgan fingerprint density at radius 1 is 0.607 bits per heavy atom. The van der Waals surface area contributed by atoms with Gasteiger partial charge in [-0.3, -0.25) is 9.59 Å². The minimum absolute atomic E-state index is 0.0186. The number of ether oxygens (including phenoxy) is 1. The summed E-state index contributed by atoms with van der Waals surface area (Å²) in [6.07, 6.45) is 42.8. The molecule has 0 radical (unpaired) electrons. The molecule has 1 N–H and O–H groups in total. The minimum Gasteiger partial charge on any atom is -0.481 e. The second kappa shape index (κ2) is 38.6. The Hall–Kier alpha value is -1.89. The highest BCUT2D eigenvalue weighted by Crippen LogP contribution is 2.30. The zero-order valence-corrected chi connectivity index (χ0v) is 37.7. The van der Waals surface area contributed by atoms with Crippen LogP contribution in [-0.2, 0) is 20.9 Å². The highest BCUT2D eigenvalue weighted by atomic mass is 16.5. The van der Waals surface area contributed by atoms with E-state index in [1.165, 1.54) is 148 Å². The predicted molar refractivity (Wildman–Crippen MR) is 238 cm³/mol. The summed E-state index contributed by atoms with van der Waals surface area (Å²) >= 11 is 0. The molecule has 0 saturated carbocycles. The Balaban J connectivity index is 2.43. The van der Waals surface area contributed by atoms with Gasteiger partial charge in [-0.05, 0) is 83.8 Å². The Bertz CT molecular complexity index is 997. The van der Waals surface area contributed by atoms with Crippen molar-refractivity contribution in [2.24, 2.45) is 11.8 Å². The molecule has 1 unspecified atom stereocenters. The Morgan fingerprint density at radius 3 is 1.55 bits per heavy atom. The summed E-state index contributed by atoms with van der Waals surface area (Å²) in [7, 11) is 0. The fraction of sp³-hybridized carbons (Fsp3) is 0.898. The Labute approximate surface area is 347 Å². The van der Waals surface area contributed by atoms with Gasteiger partial charge in [-0.25, -0.2) is 4.98 Å². The fourth-order valence-corrected chi connectivity index (χ4v) is 8.43. The lowest BCUT2D eigenvalue weighted by Gasteiger charge is -2.25. The van der Waals surface area contributed by atoms with Gasteiger partial charge in [-0.1, -0.05) is 175 Å². The number of carboxylic acids is 1. The van der Waals surface area contributed by atoms with Gasteiger partial charge in [0.1, 0.15) is 5.82 Å². The predicted octanol–water partition coefficient (Wildman–Crippen LogP) is 14.3. The van der Waals surface area contributed by atoms with Gasteiger partial charge in [-0.15, -0.1) is 0 Å². The highest BCUT2D eigenvalue weighted by Gasteiger charge is 2.27. The number of hydrogen-bond donors (Lipinski definition) is 1. The molecule has 7 nitrogen and oxygen atoms in total. The molecule has 328 valence electrons. The van der Waals surface area contributed by atoms with E-state index in [0.717, 1.165) is 89.8 Å². The maximum Gasteiger partial charge on any atom is 0.306 e. The molecule has 56 heavy (non-hydrogen) atoms. The summed E-state index contributed by atoms with van der Waals surface area (Å²) in [5.41, 5.74) is 0. The molecular formula is C49H93N3O4. The number of aromatic nitrogens is 2. The van der Waals surface area contributed by atoms with E-state index in [-0.39, 0.29) is 11.9 Å². The second-order valence-corrected chi connectivity index (χ2v) is 17.2. The largest absolute Gasteiger partial charge is 0.481 e. The van der Waals surface area contributed by atoms with Crippen LogP contribution in [0.15, 0.2) is 12.4 Å². The second-order valence-electron chi connectivity index (χ2n) is 17.2. The fourth-order valence-electron chi connectivity index (χ4n) is 8.43. The van der Waals surface area contributed by atoms with Crippen LogP contribution in [0.2, 0.25) is 0 Å². The number of esters is 1. The number of rotatable bonds is 43. The summed E-state index contributed by atoms with van der Waals surface area (Å²) in [6.45, 7) is 13.8. The molecule has 1 atom stereocenters. The molecule has 0 aliphatic heterocycles. The normalized spacial score (nSPS) is 12.2. The molecule has 1 rings (SSSR count). The molecule has 0 spiro atoms. The first-order valence-electron chi connectivity index (χ1n) is 24.5. The number of unbranched alkanes of at least 4 members (excludes halogenated alkanes) is 23. The number of nitrogens with zero attached hydrogens (tertiary/aromatic N) is 3. The van der Waals surface area contributed by atoms with Crippen molar-refractivity contribution in [1.82, 2.24) is 14.5 Å². The number of hydrogen-bond acceptors (Lipinski definition) is 5. The molecule has 7 heteroatoms. The monoisotopic (exact) mass is 788 g/mol. The lowest BCUT2D eigenvalue weighted by molar-refractivity contribution is -0.145. The van der Waals surface area contributed by atoms with Gasteiger partial charge in [0.15, 0.2) is 0 Å². The quantitative estimate of drug-likeness (QED) is 0.0524. The lowest BCUT2D eigenvalue weighted by Crippen LogP contribution is -2.28. The van der Waals surface area contributed by atoms with Crippen LogP contribution in [0.5, 0.6) is 0 Å². The standard InChI is InChI=1S/C49H93N3O4/c1-5-8-11-14-17-25-32-44-56-48(53)37-29-21-18-23-30-39-51(41-33-42-52-43-38-50-45(52)4)40-31-24-22-28-36-47(49(54)55)46(34-26-19-15-12-9-6-2)35-27-20-16-13-10-7-3/h38,43,46-47H,5-37,39-42,44H2,1-4H3,(H,54,55). The highest BCUT2D eigenvalue weighted by molar-refractivity contribution is 5.70. The topological polar surface area (TPSA) is 84.7 Å². The van der Waals surface area contributed by atoms with Gasteiger partial charge in [0.2, 0.25) is 0 Å². The van der Waals surface area contributed by atoms with Gasteiger partial charge >= 0.3 is 11.9 Å². The Morgan fingerprint density at radius 2 is 1.05 bits per heavy atom. The van der Waals surface area contributed by atoms with Crippen molar-refractivity contribution < 1.29 is 19.4 Å². The van der Waals surface area contributed by atoms with Gasteiger partial charge in [0, 0.05) is 25.4 Å². The van der Waals surface area contributed by atoms with Crippen LogP contribution in [0, 0.1) is 18.8 Å². The van der Waals surface area contributed by atoms with Crippen LogP contribution in [0.25, 0.3) is 0 Å². The molecule has 0 bridgehead atoms. The van der Waals surface area contributed by atoms with Crippen LogP contribution >= 0.6 is 0 Å². The van der Waals surface area contributed by atoms with Gasteiger partial charge in [0.25, 0.3) is 0 Å². The first-order chi connectivity index (χ1) is 27.4. The molecular weight excluding hydrogens is 695 g/mol. The SMILES string of the molecule is CCCCCCCCCOC(=O)CCCCCCCN(CCCCCCC(C(=O)O)C(CCCCCCCC)CCCCCCCC)CCCn1ccnc1C. The minimum atomic E-state index is -0.551. The van der Waals surface area contributed by atoms with E-state index in [0.29, 0.717) is 18.9 Å². The molecule has 0 aliphatic carbocycles. The summed E-state index contributed by atoms with van der Waals surface area (Å²) in [6, 6.07) is 0. The zero-order valence-electron chi connectivity index (χ0n) is 37.7. The summed E-state index contributed by atoms with van der Waals surface area (Å²) in [5.74, 6) is 0.678. The van der Waals surface area contributed by atoms with E-state index in [2.05, 4.69) is 48.3 Å². The van der Waals surface area contributed by atoms with Gasteiger partial charge < -0.3 is 19.3 Å². The number of carbonyl (C=O) groups excluding carboxylic acids is 1. The smallest absolute Gasteiger partial charge is 0.306 e. The van der Waals surface area contributed by atoms with E-state index in [4.69, 9.17) is 4.74 Å². The lowest BCUT2D eigenvalue weighted by atomic mass is 9.80. The van der Waals surface area contributed by atoms with E-state index < -0.39 is 5.97 Å². The van der Waals surface area contributed by atoms with Crippen molar-refractivity contribution in [1.29, 1.82) is 0 Å². The number of carbonyl (C=O) groups is 2. The van der Waals surface area contributed by atoms with Gasteiger partial charge in [-0.2, -0.15) is 0 Å². The van der Waals surface area contributed by atoms with Crippen molar-refractivity contribution in [3.8, 4) is 0 Å². The van der Waals surface area contributed by atoms with E-state index >= 15 is 0 Å². The number of carboxylic acid groups (broad SMARTS) is 1. The number of aliphatic carboxylic acids is 1. The van der Waals surface area contributed by atoms with Crippen LogP contribution < -0.4 is 0 Å². The average Bonchev–Trinajstić information content (AvgIpc) is 3.60. The van der Waals surface area contributed by atoms with Crippen molar-refractivity contribution in [2.45, 2.75) is 246 Å². The molecule has 0 amide bonds. The van der Waals surface area contributed by atoms with Crippen LogP contribution in [0.3, 0.4) is 0 Å². The molecule has 0 fully saturated rings. The zero-order chi connectivity index (χ0) is 40.7. The van der Waals surface area contributed by atoms with Crippen LogP contribution in [0.4, 0.5) is 0 Å². The van der Waals surface area contributed by atoms with E-state index in [9.17, 15) is 14.7 Å². The Kier molecular flexibility index (Phi) is 35.9. The third-order valence-electron chi connectivity index (χ3n) is 12.1. The maximum absolute atomic E-state index is 12.6. The molecule has 1 aromatic heterocycles. The van der Waals surface area contributed by atoms with Crippen LogP contribution in [0.1, 0.15) is 238 Å². The average molecular weight is 788 g/mol. The molecule has 0 aromatic carbocycles. The maximum atomic E-state index is 12.6. The number of aryl methyl sites for hydroxylation is 2.